The smallest absolute Gasteiger partial charge is 0.325 e. The summed E-state index contributed by atoms with van der Waals surface area (Å²) in [5.41, 5.74) is 1.55. The molecule has 182 valence electrons. The van der Waals surface area contributed by atoms with Crippen LogP contribution in [0, 0.1) is 6.92 Å². The fourth-order valence-electron chi connectivity index (χ4n) is 4.30. The zero-order valence-corrected chi connectivity index (χ0v) is 20.6. The van der Waals surface area contributed by atoms with Crippen molar-refractivity contribution in [1.29, 1.82) is 0 Å². The van der Waals surface area contributed by atoms with Crippen molar-refractivity contribution in [2.24, 2.45) is 0 Å². The molecule has 4 amide bonds. The van der Waals surface area contributed by atoms with E-state index < -0.39 is 23.4 Å². The molecule has 1 saturated heterocycles. The minimum absolute atomic E-state index is 0.0741. The number of imide groups is 1. The highest BCUT2D eigenvalue weighted by atomic mass is 16.5. The molecule has 1 aliphatic heterocycles. The average molecular weight is 467 g/mol. The van der Waals surface area contributed by atoms with Gasteiger partial charge < -0.3 is 15.4 Å². The predicted octanol–water partition coefficient (Wildman–Crippen LogP) is 2.97. The van der Waals surface area contributed by atoms with Gasteiger partial charge in [0.1, 0.15) is 17.8 Å². The number of benzene rings is 2. The SMILES string of the molecule is CCN(CC)[C@@H](CNC(=O)CN1C(=O)N[C@@](C)(c2ccc(C)cc2)C1=O)c1cccc(OC)c1. The Morgan fingerprint density at radius 3 is 2.44 bits per heavy atom. The van der Waals surface area contributed by atoms with E-state index in [9.17, 15) is 14.4 Å². The maximum atomic E-state index is 13.1. The molecule has 3 rings (SSSR count). The first-order chi connectivity index (χ1) is 16.2. The van der Waals surface area contributed by atoms with E-state index in [0.717, 1.165) is 34.9 Å². The molecule has 2 N–H and O–H groups in total. The van der Waals surface area contributed by atoms with Gasteiger partial charge in [0.25, 0.3) is 5.91 Å². The van der Waals surface area contributed by atoms with Gasteiger partial charge in [-0.1, -0.05) is 55.8 Å². The van der Waals surface area contributed by atoms with Crippen LogP contribution in [0.2, 0.25) is 0 Å². The van der Waals surface area contributed by atoms with Crippen LogP contribution in [-0.2, 0) is 15.1 Å². The van der Waals surface area contributed by atoms with E-state index >= 15 is 0 Å². The van der Waals surface area contributed by atoms with Crippen LogP contribution < -0.4 is 15.4 Å². The molecule has 0 aliphatic carbocycles. The monoisotopic (exact) mass is 466 g/mol. The van der Waals surface area contributed by atoms with E-state index in [1.807, 2.05) is 55.5 Å². The summed E-state index contributed by atoms with van der Waals surface area (Å²) in [7, 11) is 1.62. The number of amides is 4. The molecular formula is C26H34N4O4. The normalized spacial score (nSPS) is 18.7. The largest absolute Gasteiger partial charge is 0.497 e. The van der Waals surface area contributed by atoms with Crippen molar-refractivity contribution in [2.75, 3.05) is 33.3 Å². The summed E-state index contributed by atoms with van der Waals surface area (Å²) in [6.45, 7) is 9.35. The van der Waals surface area contributed by atoms with Crippen molar-refractivity contribution in [3.63, 3.8) is 0 Å². The van der Waals surface area contributed by atoms with Crippen molar-refractivity contribution in [3.8, 4) is 5.75 Å². The summed E-state index contributed by atoms with van der Waals surface area (Å²) in [5.74, 6) is -0.0861. The zero-order chi connectivity index (χ0) is 24.9. The Kier molecular flexibility index (Phi) is 7.94. The Morgan fingerprint density at radius 2 is 1.82 bits per heavy atom. The number of ether oxygens (including phenoxy) is 1. The van der Waals surface area contributed by atoms with Gasteiger partial charge >= 0.3 is 6.03 Å². The van der Waals surface area contributed by atoms with Crippen LogP contribution in [0.5, 0.6) is 5.75 Å². The van der Waals surface area contributed by atoms with E-state index in [-0.39, 0.29) is 12.6 Å². The van der Waals surface area contributed by atoms with Crippen LogP contribution in [0.4, 0.5) is 4.79 Å². The highest BCUT2D eigenvalue weighted by molar-refractivity contribution is 6.09. The van der Waals surface area contributed by atoms with Crippen LogP contribution in [-0.4, -0.2) is 60.9 Å². The van der Waals surface area contributed by atoms with E-state index in [4.69, 9.17) is 4.74 Å². The number of nitrogens with one attached hydrogen (secondary N) is 2. The van der Waals surface area contributed by atoms with E-state index in [0.29, 0.717) is 12.1 Å². The second-order valence-electron chi connectivity index (χ2n) is 8.63. The number of nitrogens with zero attached hydrogens (tertiary/aromatic N) is 2. The molecule has 0 bridgehead atoms. The van der Waals surface area contributed by atoms with Crippen LogP contribution in [0.25, 0.3) is 0 Å². The van der Waals surface area contributed by atoms with Gasteiger partial charge in [0.15, 0.2) is 0 Å². The van der Waals surface area contributed by atoms with Gasteiger partial charge in [0.05, 0.1) is 13.2 Å². The zero-order valence-electron chi connectivity index (χ0n) is 20.6. The van der Waals surface area contributed by atoms with Crippen molar-refractivity contribution in [2.45, 2.75) is 39.3 Å². The number of carbonyl (C=O) groups excluding carboxylic acids is 3. The summed E-state index contributed by atoms with van der Waals surface area (Å²) in [6, 6.07) is 14.5. The van der Waals surface area contributed by atoms with Crippen LogP contribution in [0.1, 0.15) is 43.5 Å². The molecule has 34 heavy (non-hydrogen) atoms. The lowest BCUT2D eigenvalue weighted by molar-refractivity contribution is -0.134. The minimum atomic E-state index is -1.20. The topological polar surface area (TPSA) is 91.0 Å². The summed E-state index contributed by atoms with van der Waals surface area (Å²) >= 11 is 0. The molecule has 2 atom stereocenters. The highest BCUT2D eigenvalue weighted by Crippen LogP contribution is 2.29. The predicted molar refractivity (Wildman–Crippen MR) is 130 cm³/mol. The Hall–Kier alpha value is -3.39. The van der Waals surface area contributed by atoms with Crippen LogP contribution >= 0.6 is 0 Å². The second-order valence-corrected chi connectivity index (χ2v) is 8.63. The van der Waals surface area contributed by atoms with Crippen LogP contribution in [0.3, 0.4) is 0 Å². The third-order valence-electron chi connectivity index (χ3n) is 6.43. The standard InChI is InChI=1S/C26H34N4O4/c1-6-29(7-2)22(19-9-8-10-21(15-19)34-5)16-27-23(31)17-30-24(32)26(4,28-25(30)33)20-13-11-18(3)12-14-20/h8-15,22H,6-7,16-17H2,1-5H3,(H,27,31)(H,28,33)/t22-,26-/m0/s1. The Balaban J connectivity index is 1.70. The van der Waals surface area contributed by atoms with Gasteiger partial charge in [0, 0.05) is 6.54 Å². The van der Waals surface area contributed by atoms with Gasteiger partial charge in [-0.3, -0.25) is 19.4 Å². The molecule has 0 saturated carbocycles. The molecule has 2 aromatic carbocycles. The third kappa shape index (κ3) is 5.22. The number of carbonyl (C=O) groups is 3. The fourth-order valence-corrected chi connectivity index (χ4v) is 4.30. The number of hydrogen-bond donors (Lipinski definition) is 2. The quantitative estimate of drug-likeness (QED) is 0.526. The first kappa shape index (κ1) is 25.2. The van der Waals surface area contributed by atoms with Crippen molar-refractivity contribution in [1.82, 2.24) is 20.4 Å². The van der Waals surface area contributed by atoms with Crippen molar-refractivity contribution < 1.29 is 19.1 Å². The van der Waals surface area contributed by atoms with E-state index in [2.05, 4.69) is 29.4 Å². The molecule has 0 aromatic heterocycles. The summed E-state index contributed by atoms with van der Waals surface area (Å²) in [6.07, 6.45) is 0. The number of hydrogen-bond acceptors (Lipinski definition) is 5. The molecule has 2 aromatic rings. The molecule has 8 heteroatoms. The van der Waals surface area contributed by atoms with Gasteiger partial charge in [-0.05, 0) is 50.2 Å². The first-order valence-electron chi connectivity index (χ1n) is 11.6. The van der Waals surface area contributed by atoms with Crippen molar-refractivity contribution >= 4 is 17.8 Å². The molecule has 1 fully saturated rings. The average Bonchev–Trinajstić information content (AvgIpc) is 3.05. The van der Waals surface area contributed by atoms with Gasteiger partial charge in [-0.2, -0.15) is 0 Å². The Bertz CT molecular complexity index is 1040. The summed E-state index contributed by atoms with van der Waals surface area (Å²) < 4.78 is 5.36. The van der Waals surface area contributed by atoms with Crippen LogP contribution in [0.15, 0.2) is 48.5 Å². The number of likely N-dealkylation sites (N-methyl/N-ethyl adjacent to an activating group) is 1. The van der Waals surface area contributed by atoms with Crippen molar-refractivity contribution in [3.05, 3.63) is 65.2 Å². The lowest BCUT2D eigenvalue weighted by Crippen LogP contribution is -2.45. The number of rotatable bonds is 10. The molecule has 1 aliphatic rings. The molecule has 0 radical (unpaired) electrons. The van der Waals surface area contributed by atoms with Gasteiger partial charge in [-0.15, -0.1) is 0 Å². The second kappa shape index (κ2) is 10.7. The Labute approximate surface area is 201 Å². The third-order valence-corrected chi connectivity index (χ3v) is 6.43. The molecule has 0 spiro atoms. The highest BCUT2D eigenvalue weighted by Gasteiger charge is 2.49. The Morgan fingerprint density at radius 1 is 1.15 bits per heavy atom. The van der Waals surface area contributed by atoms with E-state index in [1.165, 1.54) is 0 Å². The maximum Gasteiger partial charge on any atom is 0.325 e. The maximum absolute atomic E-state index is 13.1. The summed E-state index contributed by atoms with van der Waals surface area (Å²) in [5, 5.41) is 5.66. The number of urea groups is 1. The fraction of sp³-hybridized carbons (Fsp3) is 0.423. The van der Waals surface area contributed by atoms with E-state index in [1.54, 1.807) is 14.0 Å². The van der Waals surface area contributed by atoms with Gasteiger partial charge in [-0.25, -0.2) is 4.79 Å². The number of methoxy groups -OCH3 is 1. The molecule has 0 unspecified atom stereocenters. The molecule has 8 nitrogen and oxygen atoms in total. The molecule has 1 heterocycles. The lowest BCUT2D eigenvalue weighted by atomic mass is 9.91. The minimum Gasteiger partial charge on any atom is -0.497 e. The van der Waals surface area contributed by atoms with Gasteiger partial charge in [0.2, 0.25) is 5.91 Å². The lowest BCUT2D eigenvalue weighted by Gasteiger charge is -2.30. The first-order valence-corrected chi connectivity index (χ1v) is 11.6. The number of aryl methyl sites for hydroxylation is 1. The summed E-state index contributed by atoms with van der Waals surface area (Å²) in [4.78, 5) is 41.8. The molecular weight excluding hydrogens is 432 g/mol.